The Morgan fingerprint density at radius 2 is 1.15 bits per heavy atom. The summed E-state index contributed by atoms with van der Waals surface area (Å²) in [6, 6.07) is 20.5. The van der Waals surface area contributed by atoms with Crippen molar-refractivity contribution in [2.75, 3.05) is 6.61 Å². The number of unbranched alkanes of at least 4 members (excludes halogenated alkanes) is 12. The SMILES string of the molecule is CCCCCCCCCOc1ccc(-c2ccc(C3CCC(C#N)(CCCCCCCCC)CC3)cc2)cc1. The van der Waals surface area contributed by atoms with Crippen LogP contribution in [-0.2, 0) is 0 Å². The fourth-order valence-corrected chi connectivity index (χ4v) is 6.28. The van der Waals surface area contributed by atoms with Gasteiger partial charge in [0.25, 0.3) is 0 Å². The average molecular weight is 530 g/mol. The minimum Gasteiger partial charge on any atom is -0.494 e. The lowest BCUT2D eigenvalue weighted by molar-refractivity contribution is 0.223. The third-order valence-corrected chi connectivity index (χ3v) is 9.03. The molecule has 1 fully saturated rings. The summed E-state index contributed by atoms with van der Waals surface area (Å²) in [4.78, 5) is 0. The standard InChI is InChI=1S/C37H55NO/c1-3-5-7-9-11-13-15-27-37(31-38)28-25-35(26-29-37)33-19-17-32(18-20-33)34-21-23-36(24-22-34)39-30-16-14-12-10-8-6-4-2/h17-24,35H,3-16,25-30H2,1-2H3. The molecule has 0 spiro atoms. The second-order valence-corrected chi connectivity index (χ2v) is 12.2. The summed E-state index contributed by atoms with van der Waals surface area (Å²) in [6.45, 7) is 5.35. The normalized spacial score (nSPS) is 19.1. The quantitative estimate of drug-likeness (QED) is 0.169. The third-order valence-electron chi connectivity index (χ3n) is 9.03. The fraction of sp³-hybridized carbons (Fsp3) is 0.649. The van der Waals surface area contributed by atoms with Crippen LogP contribution >= 0.6 is 0 Å². The second-order valence-electron chi connectivity index (χ2n) is 12.2. The van der Waals surface area contributed by atoms with Crippen molar-refractivity contribution in [1.29, 1.82) is 5.26 Å². The van der Waals surface area contributed by atoms with Crippen LogP contribution in [0.4, 0.5) is 0 Å². The van der Waals surface area contributed by atoms with E-state index in [9.17, 15) is 5.26 Å². The first-order chi connectivity index (χ1) is 19.2. The predicted molar refractivity (Wildman–Crippen MR) is 167 cm³/mol. The predicted octanol–water partition coefficient (Wildman–Crippen LogP) is 11.8. The molecule has 39 heavy (non-hydrogen) atoms. The summed E-state index contributed by atoms with van der Waals surface area (Å²) in [6.07, 6.45) is 24.0. The zero-order chi connectivity index (χ0) is 27.6. The van der Waals surface area contributed by atoms with Crippen LogP contribution in [0.25, 0.3) is 11.1 Å². The van der Waals surface area contributed by atoms with E-state index in [0.717, 1.165) is 50.9 Å². The molecule has 0 amide bonds. The Bertz CT molecular complexity index is 931. The van der Waals surface area contributed by atoms with Crippen molar-refractivity contribution in [3.05, 3.63) is 54.1 Å². The van der Waals surface area contributed by atoms with E-state index in [2.05, 4.69) is 68.4 Å². The average Bonchev–Trinajstić information content (AvgIpc) is 2.99. The van der Waals surface area contributed by atoms with Crippen molar-refractivity contribution in [3.8, 4) is 22.9 Å². The molecule has 0 saturated heterocycles. The maximum atomic E-state index is 10.0. The van der Waals surface area contributed by atoms with Crippen LogP contribution < -0.4 is 4.74 Å². The van der Waals surface area contributed by atoms with E-state index in [1.807, 2.05) is 0 Å². The second kappa shape index (κ2) is 18.1. The Morgan fingerprint density at radius 1 is 0.667 bits per heavy atom. The van der Waals surface area contributed by atoms with E-state index in [0.29, 0.717) is 5.92 Å². The van der Waals surface area contributed by atoms with Crippen LogP contribution in [0, 0.1) is 16.7 Å². The zero-order valence-electron chi connectivity index (χ0n) is 25.2. The molecule has 0 atom stereocenters. The Morgan fingerprint density at radius 3 is 1.69 bits per heavy atom. The molecule has 0 radical (unpaired) electrons. The molecule has 0 aromatic heterocycles. The lowest BCUT2D eigenvalue weighted by atomic mass is 9.67. The van der Waals surface area contributed by atoms with E-state index >= 15 is 0 Å². The summed E-state index contributed by atoms with van der Waals surface area (Å²) in [5.74, 6) is 1.57. The number of benzene rings is 2. The Kier molecular flexibility index (Phi) is 14.5. The molecular weight excluding hydrogens is 474 g/mol. The molecule has 214 valence electrons. The van der Waals surface area contributed by atoms with Crippen molar-refractivity contribution < 1.29 is 4.74 Å². The lowest BCUT2D eigenvalue weighted by Crippen LogP contribution is -2.25. The Labute approximate surface area is 240 Å². The van der Waals surface area contributed by atoms with E-state index in [-0.39, 0.29) is 5.41 Å². The van der Waals surface area contributed by atoms with E-state index in [4.69, 9.17) is 4.74 Å². The monoisotopic (exact) mass is 529 g/mol. The van der Waals surface area contributed by atoms with Gasteiger partial charge in [-0.2, -0.15) is 5.26 Å². The molecule has 0 heterocycles. The van der Waals surface area contributed by atoms with Gasteiger partial charge in [-0.1, -0.05) is 134 Å². The van der Waals surface area contributed by atoms with Crippen LogP contribution in [0.5, 0.6) is 5.75 Å². The maximum absolute atomic E-state index is 10.0. The molecule has 1 aliphatic carbocycles. The lowest BCUT2D eigenvalue weighted by Gasteiger charge is -2.35. The Balaban J connectivity index is 1.38. The highest BCUT2D eigenvalue weighted by atomic mass is 16.5. The van der Waals surface area contributed by atoms with Gasteiger partial charge in [-0.15, -0.1) is 0 Å². The van der Waals surface area contributed by atoms with Gasteiger partial charge in [0, 0.05) is 0 Å². The minimum atomic E-state index is -0.0711. The highest BCUT2D eigenvalue weighted by Gasteiger charge is 2.35. The molecule has 0 N–H and O–H groups in total. The number of rotatable bonds is 19. The van der Waals surface area contributed by atoms with Crippen molar-refractivity contribution in [2.45, 2.75) is 142 Å². The first kappa shape index (κ1) is 31.3. The van der Waals surface area contributed by atoms with Gasteiger partial charge < -0.3 is 4.74 Å². The van der Waals surface area contributed by atoms with Crippen LogP contribution in [0.3, 0.4) is 0 Å². The van der Waals surface area contributed by atoms with Gasteiger partial charge in [-0.25, -0.2) is 0 Å². The molecule has 2 aromatic carbocycles. The van der Waals surface area contributed by atoms with Crippen molar-refractivity contribution in [1.82, 2.24) is 0 Å². The van der Waals surface area contributed by atoms with E-state index < -0.39 is 0 Å². The first-order valence-corrected chi connectivity index (χ1v) is 16.4. The fourth-order valence-electron chi connectivity index (χ4n) is 6.28. The summed E-state index contributed by atoms with van der Waals surface area (Å²) in [7, 11) is 0. The highest BCUT2D eigenvalue weighted by Crippen LogP contribution is 2.46. The van der Waals surface area contributed by atoms with Gasteiger partial charge in [-0.05, 0) is 73.3 Å². The molecule has 0 aliphatic heterocycles. The van der Waals surface area contributed by atoms with Gasteiger partial charge >= 0.3 is 0 Å². The number of ether oxygens (including phenoxy) is 1. The molecule has 2 heteroatoms. The smallest absolute Gasteiger partial charge is 0.119 e. The molecule has 2 aromatic rings. The molecule has 2 nitrogen and oxygen atoms in total. The number of nitriles is 1. The van der Waals surface area contributed by atoms with Gasteiger partial charge in [0.2, 0.25) is 0 Å². The minimum absolute atomic E-state index is 0.0711. The summed E-state index contributed by atoms with van der Waals surface area (Å²) in [5, 5.41) is 10.0. The van der Waals surface area contributed by atoms with Gasteiger partial charge in [0.1, 0.15) is 5.75 Å². The Hall–Kier alpha value is -2.27. The summed E-state index contributed by atoms with van der Waals surface area (Å²) < 4.78 is 5.98. The number of nitrogens with zero attached hydrogens (tertiary/aromatic N) is 1. The summed E-state index contributed by atoms with van der Waals surface area (Å²) >= 11 is 0. The number of hydrogen-bond donors (Lipinski definition) is 0. The molecule has 1 aliphatic rings. The van der Waals surface area contributed by atoms with Crippen molar-refractivity contribution in [2.24, 2.45) is 5.41 Å². The molecule has 0 bridgehead atoms. The third kappa shape index (κ3) is 11.0. The summed E-state index contributed by atoms with van der Waals surface area (Å²) in [5.41, 5.74) is 3.87. The van der Waals surface area contributed by atoms with Crippen LogP contribution in [0.1, 0.15) is 147 Å². The molecule has 1 saturated carbocycles. The highest BCUT2D eigenvalue weighted by molar-refractivity contribution is 5.64. The maximum Gasteiger partial charge on any atom is 0.119 e. The van der Waals surface area contributed by atoms with Gasteiger partial charge in [0.05, 0.1) is 18.1 Å². The van der Waals surface area contributed by atoms with Crippen LogP contribution in [0.15, 0.2) is 48.5 Å². The van der Waals surface area contributed by atoms with Crippen LogP contribution in [-0.4, -0.2) is 6.61 Å². The largest absolute Gasteiger partial charge is 0.494 e. The molecule has 0 unspecified atom stereocenters. The zero-order valence-corrected chi connectivity index (χ0v) is 25.2. The van der Waals surface area contributed by atoms with Gasteiger partial charge in [0.15, 0.2) is 0 Å². The van der Waals surface area contributed by atoms with Crippen molar-refractivity contribution in [3.63, 3.8) is 0 Å². The molecular formula is C37H55NO. The van der Waals surface area contributed by atoms with E-state index in [1.165, 1.54) is 100 Å². The van der Waals surface area contributed by atoms with Crippen molar-refractivity contribution >= 4 is 0 Å². The van der Waals surface area contributed by atoms with E-state index in [1.54, 1.807) is 0 Å². The van der Waals surface area contributed by atoms with Crippen LogP contribution in [0.2, 0.25) is 0 Å². The molecule has 3 rings (SSSR count). The first-order valence-electron chi connectivity index (χ1n) is 16.4. The van der Waals surface area contributed by atoms with Gasteiger partial charge in [-0.3, -0.25) is 0 Å². The number of hydrogen-bond acceptors (Lipinski definition) is 2. The topological polar surface area (TPSA) is 33.0 Å².